The molecule has 2 rings (SSSR count). The number of halogens is 1. The van der Waals surface area contributed by atoms with E-state index in [1.54, 1.807) is 24.5 Å². The zero-order valence-corrected chi connectivity index (χ0v) is 10.1. The Morgan fingerprint density at radius 2 is 2.21 bits per heavy atom. The lowest BCUT2D eigenvalue weighted by Gasteiger charge is -2.14. The Morgan fingerprint density at radius 1 is 1.37 bits per heavy atom. The maximum absolute atomic E-state index is 13.1. The molecule has 0 aliphatic carbocycles. The van der Waals surface area contributed by atoms with Crippen LogP contribution in [0, 0.1) is 5.82 Å². The van der Waals surface area contributed by atoms with Gasteiger partial charge in [0.1, 0.15) is 11.9 Å². The Kier molecular flexibility index (Phi) is 4.20. The zero-order valence-electron chi connectivity index (χ0n) is 10.1. The van der Waals surface area contributed by atoms with Crippen molar-refractivity contribution in [3.63, 3.8) is 0 Å². The Morgan fingerprint density at radius 3 is 2.84 bits per heavy atom. The van der Waals surface area contributed by atoms with E-state index in [4.69, 9.17) is 0 Å². The average molecular weight is 260 g/mol. The van der Waals surface area contributed by atoms with E-state index in [1.165, 1.54) is 18.2 Å². The summed E-state index contributed by atoms with van der Waals surface area (Å²) in [5.74, 6) is -1.50. The summed E-state index contributed by atoms with van der Waals surface area (Å²) in [7, 11) is 0. The first-order valence-electron chi connectivity index (χ1n) is 5.77. The van der Waals surface area contributed by atoms with Crippen molar-refractivity contribution in [1.29, 1.82) is 0 Å². The fraction of sp³-hybridized carbons (Fsp3) is 0.143. The first-order valence-corrected chi connectivity index (χ1v) is 5.77. The third-order valence-electron chi connectivity index (χ3n) is 2.66. The van der Waals surface area contributed by atoms with Crippen molar-refractivity contribution >= 4 is 5.97 Å². The average Bonchev–Trinajstić information content (AvgIpc) is 2.40. The van der Waals surface area contributed by atoms with Gasteiger partial charge in [-0.1, -0.05) is 18.2 Å². The van der Waals surface area contributed by atoms with Crippen LogP contribution in [-0.4, -0.2) is 16.1 Å². The van der Waals surface area contributed by atoms with Crippen LogP contribution in [0.3, 0.4) is 0 Å². The van der Waals surface area contributed by atoms with Gasteiger partial charge < -0.3 is 5.11 Å². The highest BCUT2D eigenvalue weighted by Gasteiger charge is 2.19. The Balaban J connectivity index is 2.11. The minimum atomic E-state index is -1.05. The molecular weight excluding hydrogens is 247 g/mol. The van der Waals surface area contributed by atoms with Gasteiger partial charge in [0.05, 0.1) is 0 Å². The molecule has 2 N–H and O–H groups in total. The topological polar surface area (TPSA) is 62.2 Å². The summed E-state index contributed by atoms with van der Waals surface area (Å²) in [6, 6.07) is 8.23. The van der Waals surface area contributed by atoms with E-state index in [0.717, 1.165) is 5.56 Å². The van der Waals surface area contributed by atoms with Crippen molar-refractivity contribution in [2.75, 3.05) is 0 Å². The molecule has 19 heavy (non-hydrogen) atoms. The Hall–Kier alpha value is -2.27. The third kappa shape index (κ3) is 3.59. The van der Waals surface area contributed by atoms with E-state index >= 15 is 0 Å². The SMILES string of the molecule is O=C(O)C(NCc1cccnc1)c1cccc(F)c1. The number of carboxylic acids is 1. The van der Waals surface area contributed by atoms with Crippen LogP contribution in [-0.2, 0) is 11.3 Å². The molecule has 5 heteroatoms. The largest absolute Gasteiger partial charge is 0.480 e. The van der Waals surface area contributed by atoms with Gasteiger partial charge >= 0.3 is 5.97 Å². The molecule has 2 aromatic rings. The first kappa shape index (κ1) is 13.2. The fourth-order valence-electron chi connectivity index (χ4n) is 1.76. The van der Waals surface area contributed by atoms with Gasteiger partial charge in [0.25, 0.3) is 0 Å². The third-order valence-corrected chi connectivity index (χ3v) is 2.66. The minimum absolute atomic E-state index is 0.349. The number of nitrogens with zero attached hydrogens (tertiary/aromatic N) is 1. The Labute approximate surface area is 109 Å². The molecule has 0 saturated heterocycles. The number of nitrogens with one attached hydrogen (secondary N) is 1. The molecule has 0 fully saturated rings. The van der Waals surface area contributed by atoms with Gasteiger partial charge in [-0.15, -0.1) is 0 Å². The molecule has 1 heterocycles. The highest BCUT2D eigenvalue weighted by Crippen LogP contribution is 2.15. The van der Waals surface area contributed by atoms with Gasteiger partial charge in [-0.2, -0.15) is 0 Å². The number of hydrogen-bond acceptors (Lipinski definition) is 3. The van der Waals surface area contributed by atoms with Crippen LogP contribution in [0.4, 0.5) is 4.39 Å². The molecule has 0 amide bonds. The molecule has 0 bridgehead atoms. The van der Waals surface area contributed by atoms with Gasteiger partial charge in [-0.3, -0.25) is 15.1 Å². The number of pyridine rings is 1. The second kappa shape index (κ2) is 6.06. The predicted molar refractivity (Wildman–Crippen MR) is 67.9 cm³/mol. The lowest BCUT2D eigenvalue weighted by atomic mass is 10.1. The second-order valence-electron chi connectivity index (χ2n) is 4.07. The number of rotatable bonds is 5. The molecular formula is C14H13FN2O2. The summed E-state index contributed by atoms with van der Waals surface area (Å²) < 4.78 is 13.1. The molecule has 1 aromatic carbocycles. The molecule has 0 saturated carbocycles. The summed E-state index contributed by atoms with van der Waals surface area (Å²) in [4.78, 5) is 15.2. The molecule has 0 radical (unpaired) electrons. The van der Waals surface area contributed by atoms with Crippen LogP contribution in [0.25, 0.3) is 0 Å². The van der Waals surface area contributed by atoms with Gasteiger partial charge in [-0.05, 0) is 29.3 Å². The van der Waals surface area contributed by atoms with E-state index in [2.05, 4.69) is 10.3 Å². The van der Waals surface area contributed by atoms with E-state index in [1.807, 2.05) is 6.07 Å². The molecule has 1 atom stereocenters. The van der Waals surface area contributed by atoms with Gasteiger partial charge in [0.2, 0.25) is 0 Å². The molecule has 98 valence electrons. The summed E-state index contributed by atoms with van der Waals surface area (Å²) in [5.41, 5.74) is 1.25. The second-order valence-corrected chi connectivity index (χ2v) is 4.07. The smallest absolute Gasteiger partial charge is 0.325 e. The highest BCUT2D eigenvalue weighted by molar-refractivity contribution is 5.75. The Bertz CT molecular complexity index is 560. The summed E-state index contributed by atoms with van der Waals surface area (Å²) in [6.45, 7) is 0.349. The molecule has 0 aliphatic heterocycles. The van der Waals surface area contributed by atoms with E-state index in [9.17, 15) is 14.3 Å². The van der Waals surface area contributed by atoms with Crippen LogP contribution < -0.4 is 5.32 Å². The maximum Gasteiger partial charge on any atom is 0.325 e. The predicted octanol–water partition coefficient (Wildman–Crippen LogP) is 2.14. The van der Waals surface area contributed by atoms with Crippen LogP contribution in [0.15, 0.2) is 48.8 Å². The number of hydrogen-bond donors (Lipinski definition) is 2. The first-order chi connectivity index (χ1) is 9.16. The molecule has 4 nitrogen and oxygen atoms in total. The molecule has 0 aliphatic rings. The van der Waals surface area contributed by atoms with Crippen molar-refractivity contribution in [1.82, 2.24) is 10.3 Å². The monoisotopic (exact) mass is 260 g/mol. The van der Waals surface area contributed by atoms with E-state index < -0.39 is 17.8 Å². The van der Waals surface area contributed by atoms with Crippen molar-refractivity contribution in [2.24, 2.45) is 0 Å². The quantitative estimate of drug-likeness (QED) is 0.864. The standard InChI is InChI=1S/C14H13FN2O2/c15-12-5-1-4-11(7-12)13(14(18)19)17-9-10-3-2-6-16-8-10/h1-8,13,17H,9H2,(H,18,19). The lowest BCUT2D eigenvalue weighted by Crippen LogP contribution is -2.28. The number of aromatic nitrogens is 1. The number of aliphatic carboxylic acids is 1. The lowest BCUT2D eigenvalue weighted by molar-refractivity contribution is -0.139. The van der Waals surface area contributed by atoms with Crippen molar-refractivity contribution in [2.45, 2.75) is 12.6 Å². The highest BCUT2D eigenvalue weighted by atomic mass is 19.1. The van der Waals surface area contributed by atoms with Crippen molar-refractivity contribution < 1.29 is 14.3 Å². The van der Waals surface area contributed by atoms with E-state index in [0.29, 0.717) is 12.1 Å². The van der Waals surface area contributed by atoms with Gasteiger partial charge in [-0.25, -0.2) is 4.39 Å². The molecule has 1 aromatic heterocycles. The van der Waals surface area contributed by atoms with Gasteiger partial charge in [0, 0.05) is 18.9 Å². The van der Waals surface area contributed by atoms with Crippen LogP contribution in [0.2, 0.25) is 0 Å². The molecule has 1 unspecified atom stereocenters. The normalized spacial score (nSPS) is 12.1. The summed E-state index contributed by atoms with van der Waals surface area (Å²) in [5, 5.41) is 12.1. The van der Waals surface area contributed by atoms with Crippen LogP contribution in [0.5, 0.6) is 0 Å². The van der Waals surface area contributed by atoms with Crippen LogP contribution in [0.1, 0.15) is 17.2 Å². The van der Waals surface area contributed by atoms with Crippen molar-refractivity contribution in [3.8, 4) is 0 Å². The van der Waals surface area contributed by atoms with Crippen molar-refractivity contribution in [3.05, 3.63) is 65.7 Å². The maximum atomic E-state index is 13.1. The number of benzene rings is 1. The number of carboxylic acid groups (broad SMARTS) is 1. The zero-order chi connectivity index (χ0) is 13.7. The fourth-order valence-corrected chi connectivity index (χ4v) is 1.76. The van der Waals surface area contributed by atoms with E-state index in [-0.39, 0.29) is 0 Å². The van der Waals surface area contributed by atoms with Crippen LogP contribution >= 0.6 is 0 Å². The minimum Gasteiger partial charge on any atom is -0.480 e. The number of carbonyl (C=O) groups is 1. The molecule has 0 spiro atoms. The van der Waals surface area contributed by atoms with Gasteiger partial charge in [0.15, 0.2) is 0 Å². The summed E-state index contributed by atoms with van der Waals surface area (Å²) in [6.07, 6.45) is 3.29. The summed E-state index contributed by atoms with van der Waals surface area (Å²) >= 11 is 0.